The molecule has 4 aromatic rings. The number of ether oxygens (including phenoxy) is 2. The van der Waals surface area contributed by atoms with Gasteiger partial charge in [0, 0.05) is 35.7 Å². The normalized spacial score (nSPS) is 10.8. The highest BCUT2D eigenvalue weighted by atomic mass is 35.5. The molecule has 2 aromatic carbocycles. The van der Waals surface area contributed by atoms with E-state index < -0.39 is 0 Å². The van der Waals surface area contributed by atoms with Crippen molar-refractivity contribution >= 4 is 35.2 Å². The van der Waals surface area contributed by atoms with Crippen LogP contribution in [0.2, 0.25) is 0 Å². The van der Waals surface area contributed by atoms with Crippen LogP contribution in [-0.2, 0) is 0 Å². The van der Waals surface area contributed by atoms with Crippen LogP contribution in [0.1, 0.15) is 11.1 Å². The maximum atomic E-state index is 5.40. The van der Waals surface area contributed by atoms with Crippen molar-refractivity contribution < 1.29 is 9.47 Å². The highest BCUT2D eigenvalue weighted by Gasteiger charge is 2.09. The molecule has 30 heavy (non-hydrogen) atoms. The van der Waals surface area contributed by atoms with Crippen molar-refractivity contribution in [2.75, 3.05) is 19.6 Å². The van der Waals surface area contributed by atoms with Crippen LogP contribution in [0.4, 0.5) is 5.69 Å². The average Bonchev–Trinajstić information content (AvgIpc) is 3.27. The molecule has 0 radical (unpaired) electrons. The fourth-order valence-electron chi connectivity index (χ4n) is 3.20. The van der Waals surface area contributed by atoms with Crippen LogP contribution >= 0.6 is 12.4 Å². The molecule has 0 spiro atoms. The molecule has 0 amide bonds. The molecule has 7 nitrogen and oxygen atoms in total. The molecule has 4 rings (SSSR count). The fraction of sp³-hybridized carbons (Fsp3) is 0.136. The number of hydrogen-bond donors (Lipinski definition) is 1. The first kappa shape index (κ1) is 21.1. The van der Waals surface area contributed by atoms with E-state index in [1.165, 1.54) is 0 Å². The number of benzene rings is 2. The fourth-order valence-corrected chi connectivity index (χ4v) is 3.20. The van der Waals surface area contributed by atoms with Crippen molar-refractivity contribution in [3.63, 3.8) is 0 Å². The van der Waals surface area contributed by atoms with Crippen LogP contribution in [0.25, 0.3) is 16.6 Å². The third-order valence-electron chi connectivity index (χ3n) is 4.65. The molecule has 2 heterocycles. The van der Waals surface area contributed by atoms with E-state index in [-0.39, 0.29) is 12.4 Å². The van der Waals surface area contributed by atoms with Crippen molar-refractivity contribution in [3.8, 4) is 17.2 Å². The smallest absolute Gasteiger partial charge is 0.162 e. The lowest BCUT2D eigenvalue weighted by Gasteiger charge is -2.11. The number of fused-ring (bicyclic) bond motifs is 1. The van der Waals surface area contributed by atoms with Crippen molar-refractivity contribution in [3.05, 3.63) is 72.4 Å². The quantitative estimate of drug-likeness (QED) is 0.362. The molecule has 0 fully saturated rings. The number of pyridine rings is 1. The Hall–Kier alpha value is -3.58. The number of hydrazone groups is 1. The highest BCUT2D eigenvalue weighted by molar-refractivity contribution is 5.94. The molecule has 2 aromatic heterocycles. The second-order valence-electron chi connectivity index (χ2n) is 6.47. The summed E-state index contributed by atoms with van der Waals surface area (Å²) in [6.45, 7) is 2.07. The average molecular weight is 424 g/mol. The minimum Gasteiger partial charge on any atom is -0.493 e. The number of anilines is 1. The second kappa shape index (κ2) is 9.28. The summed E-state index contributed by atoms with van der Waals surface area (Å²) in [5.41, 5.74) is 7.96. The summed E-state index contributed by atoms with van der Waals surface area (Å²) in [4.78, 5) is 8.50. The van der Waals surface area contributed by atoms with Gasteiger partial charge in [-0.15, -0.1) is 12.4 Å². The summed E-state index contributed by atoms with van der Waals surface area (Å²) < 4.78 is 12.7. The summed E-state index contributed by atoms with van der Waals surface area (Å²) in [5, 5.41) is 5.30. The summed E-state index contributed by atoms with van der Waals surface area (Å²) in [7, 11) is 3.22. The molecule has 0 saturated heterocycles. The third-order valence-corrected chi connectivity index (χ3v) is 4.65. The standard InChI is InChI=1S/C22H21N5O2.ClH/c1-15-10-16(4-5-20(15)27-9-8-23-14-27)13-25-26-18-6-7-24-19-12-22(29-3)21(28-2)11-17(18)19;/h4-14H,1-3H3,(H,24,26);1H. The Labute approximate surface area is 180 Å². The van der Waals surface area contributed by atoms with Crippen molar-refractivity contribution in [2.24, 2.45) is 5.10 Å². The van der Waals surface area contributed by atoms with E-state index in [2.05, 4.69) is 39.6 Å². The largest absolute Gasteiger partial charge is 0.493 e. The van der Waals surface area contributed by atoms with Gasteiger partial charge in [-0.2, -0.15) is 5.10 Å². The molecule has 0 atom stereocenters. The molecule has 0 saturated carbocycles. The number of hydrogen-bond acceptors (Lipinski definition) is 6. The highest BCUT2D eigenvalue weighted by Crippen LogP contribution is 2.34. The van der Waals surface area contributed by atoms with Gasteiger partial charge in [0.05, 0.1) is 38.0 Å². The Morgan fingerprint density at radius 2 is 1.83 bits per heavy atom. The molecule has 0 aliphatic carbocycles. The number of rotatable bonds is 6. The first-order valence-electron chi connectivity index (χ1n) is 9.08. The van der Waals surface area contributed by atoms with Crippen LogP contribution in [0.15, 0.2) is 66.4 Å². The van der Waals surface area contributed by atoms with Crippen LogP contribution in [0, 0.1) is 6.92 Å². The lowest BCUT2D eigenvalue weighted by Crippen LogP contribution is -1.97. The topological polar surface area (TPSA) is 73.6 Å². The summed E-state index contributed by atoms with van der Waals surface area (Å²) in [6, 6.07) is 11.8. The maximum absolute atomic E-state index is 5.40. The first-order valence-corrected chi connectivity index (χ1v) is 9.08. The van der Waals surface area contributed by atoms with Crippen LogP contribution in [-0.4, -0.2) is 35.0 Å². The van der Waals surface area contributed by atoms with Gasteiger partial charge in [0.2, 0.25) is 0 Å². The number of aromatic nitrogens is 3. The molecular formula is C22H22ClN5O2. The zero-order valence-corrected chi connectivity index (χ0v) is 17.7. The Kier molecular flexibility index (Phi) is 6.54. The minimum atomic E-state index is 0. The van der Waals surface area contributed by atoms with E-state index in [0.717, 1.165) is 33.4 Å². The summed E-state index contributed by atoms with van der Waals surface area (Å²) in [5.74, 6) is 1.28. The Morgan fingerprint density at radius 1 is 1.03 bits per heavy atom. The lowest BCUT2D eigenvalue weighted by molar-refractivity contribution is 0.356. The van der Waals surface area contributed by atoms with Gasteiger partial charge in [0.15, 0.2) is 11.5 Å². The van der Waals surface area contributed by atoms with Gasteiger partial charge < -0.3 is 14.0 Å². The zero-order valence-electron chi connectivity index (χ0n) is 16.9. The molecule has 0 unspecified atom stereocenters. The van der Waals surface area contributed by atoms with Gasteiger partial charge in [-0.05, 0) is 42.3 Å². The Bertz CT molecular complexity index is 1180. The first-order chi connectivity index (χ1) is 14.2. The molecule has 0 aliphatic heterocycles. The van der Waals surface area contributed by atoms with Crippen molar-refractivity contribution in [2.45, 2.75) is 6.92 Å². The number of methoxy groups -OCH3 is 2. The zero-order chi connectivity index (χ0) is 20.2. The molecule has 0 aliphatic rings. The number of halogens is 1. The summed E-state index contributed by atoms with van der Waals surface area (Å²) in [6.07, 6.45) is 9.00. The van der Waals surface area contributed by atoms with Crippen molar-refractivity contribution in [1.82, 2.24) is 14.5 Å². The van der Waals surface area contributed by atoms with Gasteiger partial charge in [0.25, 0.3) is 0 Å². The van der Waals surface area contributed by atoms with Gasteiger partial charge in [-0.25, -0.2) is 4.98 Å². The molecule has 1 N–H and O–H groups in total. The van der Waals surface area contributed by atoms with Crippen LogP contribution in [0.3, 0.4) is 0 Å². The second-order valence-corrected chi connectivity index (χ2v) is 6.47. The molecule has 8 heteroatoms. The number of aryl methyl sites for hydroxylation is 1. The maximum Gasteiger partial charge on any atom is 0.162 e. The monoisotopic (exact) mass is 423 g/mol. The Balaban J connectivity index is 0.00000256. The Morgan fingerprint density at radius 3 is 2.53 bits per heavy atom. The van der Waals surface area contributed by atoms with Crippen molar-refractivity contribution in [1.29, 1.82) is 0 Å². The van der Waals surface area contributed by atoms with Crippen LogP contribution < -0.4 is 14.9 Å². The van der Waals surface area contributed by atoms with E-state index >= 15 is 0 Å². The van der Waals surface area contributed by atoms with E-state index in [4.69, 9.17) is 9.47 Å². The minimum absolute atomic E-state index is 0. The number of nitrogens with zero attached hydrogens (tertiary/aromatic N) is 4. The van der Waals surface area contributed by atoms with Gasteiger partial charge in [0.1, 0.15) is 0 Å². The van der Waals surface area contributed by atoms with Gasteiger partial charge >= 0.3 is 0 Å². The molecule has 154 valence electrons. The lowest BCUT2D eigenvalue weighted by atomic mass is 10.1. The summed E-state index contributed by atoms with van der Waals surface area (Å²) >= 11 is 0. The predicted molar refractivity (Wildman–Crippen MR) is 122 cm³/mol. The SMILES string of the molecule is COc1cc2nccc(NN=Cc3ccc(-n4ccnc4)c(C)c3)c2cc1OC.Cl. The number of nitrogens with one attached hydrogen (secondary N) is 1. The van der Waals surface area contributed by atoms with E-state index in [1.54, 1.807) is 39.2 Å². The van der Waals surface area contributed by atoms with E-state index in [0.29, 0.717) is 11.5 Å². The van der Waals surface area contributed by atoms with E-state index in [9.17, 15) is 0 Å². The number of imidazole rings is 1. The third kappa shape index (κ3) is 4.21. The predicted octanol–water partition coefficient (Wildman–Crippen LogP) is 4.61. The molecule has 0 bridgehead atoms. The van der Waals surface area contributed by atoms with Gasteiger partial charge in [-0.1, -0.05) is 6.07 Å². The van der Waals surface area contributed by atoms with Crippen LogP contribution in [0.5, 0.6) is 11.5 Å². The molecular weight excluding hydrogens is 402 g/mol. The van der Waals surface area contributed by atoms with E-state index in [1.807, 2.05) is 35.0 Å². The van der Waals surface area contributed by atoms with Gasteiger partial charge in [-0.3, -0.25) is 10.4 Å².